The predicted octanol–water partition coefficient (Wildman–Crippen LogP) is 20.5. The summed E-state index contributed by atoms with van der Waals surface area (Å²) in [6.07, 6.45) is 52.5. The average Bonchev–Trinajstić information content (AvgIpc) is 3.30. The van der Waals surface area contributed by atoms with E-state index in [2.05, 4.69) is 99.9 Å². The second-order valence-electron chi connectivity index (χ2n) is 18.9. The van der Waals surface area contributed by atoms with Gasteiger partial charge in [-0.25, -0.2) is 0 Å². The molecule has 0 saturated carbocycles. The van der Waals surface area contributed by atoms with E-state index in [1.165, 1.54) is 225 Å². The van der Waals surface area contributed by atoms with Crippen molar-refractivity contribution >= 4 is 22.8 Å². The molecule has 0 fully saturated rings. The van der Waals surface area contributed by atoms with Crippen LogP contribution in [0, 0.1) is 23.7 Å². The lowest BCUT2D eigenvalue weighted by atomic mass is 10.0. The second kappa shape index (κ2) is 42.8. The van der Waals surface area contributed by atoms with E-state index in [0.29, 0.717) is 0 Å². The van der Waals surface area contributed by atoms with Crippen LogP contribution in [0.1, 0.15) is 289 Å². The Kier molecular flexibility index (Phi) is 38.1. The number of benzene rings is 2. The SMILES string of the molecule is CCCCCCCCCCCCCCCCCC#Cc1ccc(N=C(C)C(CCCCCCCC)=Nc2ccc(C#CCCCCCCCCCCCCCCCCC)cc2)cc1. The third kappa shape index (κ3) is 34.0. The number of hydrogen-bond acceptors (Lipinski definition) is 2. The lowest BCUT2D eigenvalue weighted by Gasteiger charge is -2.08. The maximum absolute atomic E-state index is 5.15. The van der Waals surface area contributed by atoms with Crippen LogP contribution in [0.5, 0.6) is 0 Å². The molecule has 0 unspecified atom stereocenters. The molecule has 0 spiro atoms. The Morgan fingerprint density at radius 1 is 0.333 bits per heavy atom. The zero-order valence-electron chi connectivity index (χ0n) is 42.1. The molecule has 0 amide bonds. The van der Waals surface area contributed by atoms with Crippen LogP contribution in [-0.2, 0) is 0 Å². The van der Waals surface area contributed by atoms with Gasteiger partial charge in [-0.1, -0.05) is 256 Å². The summed E-state index contributed by atoms with van der Waals surface area (Å²) in [5, 5.41) is 0. The van der Waals surface area contributed by atoms with E-state index in [-0.39, 0.29) is 0 Å². The number of aliphatic imine (C=N–C) groups is 2. The van der Waals surface area contributed by atoms with Crippen molar-refractivity contribution in [1.82, 2.24) is 0 Å². The second-order valence-corrected chi connectivity index (χ2v) is 18.9. The van der Waals surface area contributed by atoms with Crippen molar-refractivity contribution in [1.29, 1.82) is 0 Å². The predicted molar refractivity (Wildman–Crippen MR) is 284 cm³/mol. The van der Waals surface area contributed by atoms with Gasteiger partial charge in [0.1, 0.15) is 0 Å². The zero-order chi connectivity index (χ0) is 44.9. The standard InChI is InChI=1S/C61H98N2/c1-5-8-11-14-17-19-21-23-25-27-29-31-33-35-37-39-42-45-57-48-52-59(53-49-57)62-56(4)61(47-44-41-16-13-10-7-3)63-60-54-50-58(51-55-60)46-43-40-38-36-34-32-30-28-26-24-22-20-18-15-12-9-6-2/h48-55H,5-41,44,47H2,1-4H3. The third-order valence-corrected chi connectivity index (χ3v) is 12.8. The Balaban J connectivity index is 1.72. The average molecular weight is 859 g/mol. The third-order valence-electron chi connectivity index (χ3n) is 12.8. The van der Waals surface area contributed by atoms with Crippen molar-refractivity contribution in [3.8, 4) is 23.7 Å². The van der Waals surface area contributed by atoms with Crippen molar-refractivity contribution in [2.24, 2.45) is 9.98 Å². The highest BCUT2D eigenvalue weighted by molar-refractivity contribution is 6.42. The first-order chi connectivity index (χ1) is 31.2. The molecule has 0 atom stereocenters. The molecule has 2 aromatic rings. The van der Waals surface area contributed by atoms with Gasteiger partial charge in [-0.05, 0) is 81.1 Å². The van der Waals surface area contributed by atoms with Gasteiger partial charge in [-0.15, -0.1) is 0 Å². The maximum Gasteiger partial charge on any atom is 0.0634 e. The quantitative estimate of drug-likeness (QED) is 0.0362. The maximum atomic E-state index is 5.15. The summed E-state index contributed by atoms with van der Waals surface area (Å²) in [5.41, 5.74) is 6.20. The molecule has 0 N–H and O–H groups in total. The molecule has 0 aliphatic heterocycles. The van der Waals surface area contributed by atoms with Crippen molar-refractivity contribution in [2.75, 3.05) is 0 Å². The fourth-order valence-corrected chi connectivity index (χ4v) is 8.54. The molecule has 2 rings (SSSR count). The molecule has 2 heteroatoms. The van der Waals surface area contributed by atoms with Crippen LogP contribution in [0.25, 0.3) is 0 Å². The van der Waals surface area contributed by atoms with Gasteiger partial charge in [0.05, 0.1) is 22.8 Å². The van der Waals surface area contributed by atoms with Crippen molar-refractivity contribution in [3.05, 3.63) is 59.7 Å². The Morgan fingerprint density at radius 3 is 0.921 bits per heavy atom. The normalized spacial score (nSPS) is 11.7. The van der Waals surface area contributed by atoms with Crippen molar-refractivity contribution in [3.63, 3.8) is 0 Å². The monoisotopic (exact) mass is 859 g/mol. The van der Waals surface area contributed by atoms with Crippen LogP contribution < -0.4 is 0 Å². The molecule has 2 aromatic carbocycles. The molecule has 0 aliphatic rings. The number of rotatable bonds is 40. The van der Waals surface area contributed by atoms with Gasteiger partial charge < -0.3 is 0 Å². The Hall–Kier alpha value is -3.10. The van der Waals surface area contributed by atoms with Crippen molar-refractivity contribution < 1.29 is 0 Å². The minimum atomic E-state index is 0.950. The largest absolute Gasteiger partial charge is 0.252 e. The molecular weight excluding hydrogens is 761 g/mol. The molecule has 2 nitrogen and oxygen atoms in total. The van der Waals surface area contributed by atoms with Crippen LogP contribution >= 0.6 is 0 Å². The highest BCUT2D eigenvalue weighted by Crippen LogP contribution is 2.20. The van der Waals surface area contributed by atoms with E-state index in [1.54, 1.807) is 0 Å². The van der Waals surface area contributed by atoms with Crippen LogP contribution in [0.15, 0.2) is 58.5 Å². The zero-order valence-corrected chi connectivity index (χ0v) is 42.1. The number of unbranched alkanes of at least 4 members (excludes halogenated alkanes) is 35. The number of nitrogens with zero attached hydrogens (tertiary/aromatic N) is 2. The van der Waals surface area contributed by atoms with Gasteiger partial charge in [-0.3, -0.25) is 9.98 Å². The number of hydrogen-bond donors (Lipinski definition) is 0. The van der Waals surface area contributed by atoms with Crippen LogP contribution in [0.4, 0.5) is 11.4 Å². The molecule has 0 radical (unpaired) electrons. The van der Waals surface area contributed by atoms with Crippen LogP contribution in [0.2, 0.25) is 0 Å². The summed E-state index contributed by atoms with van der Waals surface area (Å²) in [6.45, 7) is 9.00. The van der Waals surface area contributed by atoms with E-state index in [1.807, 2.05) is 0 Å². The van der Waals surface area contributed by atoms with E-state index in [4.69, 9.17) is 9.98 Å². The first-order valence-corrected chi connectivity index (χ1v) is 27.5. The first kappa shape index (κ1) is 56.0. The molecule has 0 aromatic heterocycles. The molecule has 63 heavy (non-hydrogen) atoms. The lowest BCUT2D eigenvalue weighted by molar-refractivity contribution is 0.533. The first-order valence-electron chi connectivity index (χ1n) is 27.5. The van der Waals surface area contributed by atoms with Gasteiger partial charge >= 0.3 is 0 Å². The van der Waals surface area contributed by atoms with E-state index in [9.17, 15) is 0 Å². The van der Waals surface area contributed by atoms with Gasteiger partial charge in [0.2, 0.25) is 0 Å². The van der Waals surface area contributed by atoms with Crippen LogP contribution in [-0.4, -0.2) is 11.4 Å². The summed E-state index contributed by atoms with van der Waals surface area (Å²) < 4.78 is 0. The molecular formula is C61H98N2. The molecule has 0 bridgehead atoms. The fraction of sp³-hybridized carbons (Fsp3) is 0.705. The van der Waals surface area contributed by atoms with Crippen LogP contribution in [0.3, 0.4) is 0 Å². The van der Waals surface area contributed by atoms with E-state index >= 15 is 0 Å². The van der Waals surface area contributed by atoms with Gasteiger partial charge in [0.25, 0.3) is 0 Å². The molecule has 0 heterocycles. The smallest absolute Gasteiger partial charge is 0.0634 e. The van der Waals surface area contributed by atoms with Gasteiger partial charge in [0.15, 0.2) is 0 Å². The minimum Gasteiger partial charge on any atom is -0.252 e. The Morgan fingerprint density at radius 2 is 0.603 bits per heavy atom. The summed E-state index contributed by atoms with van der Waals surface area (Å²) in [6, 6.07) is 17.0. The summed E-state index contributed by atoms with van der Waals surface area (Å²) in [5.74, 6) is 13.6. The highest BCUT2D eigenvalue weighted by atomic mass is 14.8. The minimum absolute atomic E-state index is 0.950. The Labute approximate surface area is 392 Å². The lowest BCUT2D eigenvalue weighted by Crippen LogP contribution is -2.10. The van der Waals surface area contributed by atoms with E-state index < -0.39 is 0 Å². The Bertz CT molecular complexity index is 1500. The summed E-state index contributed by atoms with van der Waals surface area (Å²) in [4.78, 5) is 10.2. The van der Waals surface area contributed by atoms with E-state index in [0.717, 1.165) is 59.6 Å². The highest BCUT2D eigenvalue weighted by Gasteiger charge is 2.07. The van der Waals surface area contributed by atoms with Gasteiger partial charge in [0, 0.05) is 24.0 Å². The van der Waals surface area contributed by atoms with Gasteiger partial charge in [-0.2, -0.15) is 0 Å². The van der Waals surface area contributed by atoms with Crippen molar-refractivity contribution in [2.45, 2.75) is 278 Å². The summed E-state index contributed by atoms with van der Waals surface area (Å²) >= 11 is 0. The molecule has 352 valence electrons. The topological polar surface area (TPSA) is 24.7 Å². The molecule has 0 saturated heterocycles. The fourth-order valence-electron chi connectivity index (χ4n) is 8.54. The molecule has 0 aliphatic carbocycles. The summed E-state index contributed by atoms with van der Waals surface area (Å²) in [7, 11) is 0.